The van der Waals surface area contributed by atoms with Crippen LogP contribution in [0.3, 0.4) is 0 Å². The quantitative estimate of drug-likeness (QED) is 0.649. The van der Waals surface area contributed by atoms with E-state index in [1.165, 1.54) is 19.9 Å². The van der Waals surface area contributed by atoms with Crippen molar-refractivity contribution in [1.29, 1.82) is 0 Å². The Bertz CT molecular complexity index is 1070. The summed E-state index contributed by atoms with van der Waals surface area (Å²) in [6, 6.07) is 9.79. The molecule has 0 bridgehead atoms. The zero-order valence-electron chi connectivity index (χ0n) is 19.0. The number of nitrogens with zero attached hydrogens (tertiary/aromatic N) is 3. The van der Waals surface area contributed by atoms with Gasteiger partial charge >= 0.3 is 0 Å². The van der Waals surface area contributed by atoms with Gasteiger partial charge in [0.2, 0.25) is 0 Å². The molecule has 2 aliphatic rings. The van der Waals surface area contributed by atoms with E-state index in [0.717, 1.165) is 5.69 Å². The standard InChI is InChI=1S/C25H28FN3O4/c1-17(30)19-3-5-23(28-11-13-33-14-12-28)21(15-19)25(32)29-9-7-27(8-10-29)24-6-4-20(18(2)31)16-22(24)26/h3-6,15-16H,7-14H2,1-2H3. The molecule has 33 heavy (non-hydrogen) atoms. The van der Waals surface area contributed by atoms with Crippen LogP contribution in [-0.4, -0.2) is 74.9 Å². The van der Waals surface area contributed by atoms with Crippen molar-refractivity contribution >= 4 is 28.8 Å². The highest BCUT2D eigenvalue weighted by molar-refractivity contribution is 6.03. The number of Topliss-reactive ketones (excluding diaryl/α,β-unsaturated/α-hetero) is 2. The first-order valence-electron chi connectivity index (χ1n) is 11.2. The van der Waals surface area contributed by atoms with Crippen LogP contribution in [-0.2, 0) is 4.74 Å². The van der Waals surface area contributed by atoms with Crippen molar-refractivity contribution in [2.45, 2.75) is 13.8 Å². The monoisotopic (exact) mass is 453 g/mol. The molecule has 2 fully saturated rings. The van der Waals surface area contributed by atoms with Crippen LogP contribution >= 0.6 is 0 Å². The normalized spacial score (nSPS) is 16.6. The highest BCUT2D eigenvalue weighted by atomic mass is 19.1. The second-order valence-corrected chi connectivity index (χ2v) is 8.39. The minimum absolute atomic E-state index is 0.0909. The number of ether oxygens (including phenoxy) is 1. The molecule has 2 aromatic carbocycles. The van der Waals surface area contributed by atoms with E-state index in [-0.39, 0.29) is 17.5 Å². The lowest BCUT2D eigenvalue weighted by molar-refractivity contribution is 0.0745. The summed E-state index contributed by atoms with van der Waals surface area (Å²) >= 11 is 0. The van der Waals surface area contributed by atoms with Gasteiger partial charge < -0.3 is 19.4 Å². The number of carbonyl (C=O) groups is 3. The zero-order valence-corrected chi connectivity index (χ0v) is 19.0. The lowest BCUT2D eigenvalue weighted by Gasteiger charge is -2.37. The minimum atomic E-state index is -0.439. The van der Waals surface area contributed by atoms with Crippen LogP contribution in [0.15, 0.2) is 36.4 Å². The van der Waals surface area contributed by atoms with E-state index in [1.807, 2.05) is 11.0 Å². The van der Waals surface area contributed by atoms with Crippen LogP contribution in [0.25, 0.3) is 0 Å². The minimum Gasteiger partial charge on any atom is -0.378 e. The van der Waals surface area contributed by atoms with Crippen molar-refractivity contribution in [2.24, 2.45) is 0 Å². The highest BCUT2D eigenvalue weighted by Crippen LogP contribution is 2.27. The van der Waals surface area contributed by atoms with Crippen molar-refractivity contribution < 1.29 is 23.5 Å². The lowest BCUT2D eigenvalue weighted by Crippen LogP contribution is -2.49. The number of piperazine rings is 1. The molecule has 0 spiro atoms. The molecule has 2 aliphatic heterocycles. The summed E-state index contributed by atoms with van der Waals surface area (Å²) in [6.45, 7) is 7.26. The Labute approximate surface area is 192 Å². The Kier molecular flexibility index (Phi) is 6.74. The van der Waals surface area contributed by atoms with Gasteiger partial charge in [0, 0.05) is 56.1 Å². The SMILES string of the molecule is CC(=O)c1ccc(N2CCN(C(=O)c3cc(C(C)=O)ccc3N3CCOCC3)CC2)c(F)c1. The van der Waals surface area contributed by atoms with Crippen LogP contribution in [0.4, 0.5) is 15.8 Å². The van der Waals surface area contributed by atoms with Crippen molar-refractivity contribution in [1.82, 2.24) is 4.90 Å². The van der Waals surface area contributed by atoms with Crippen LogP contribution in [0.5, 0.6) is 0 Å². The molecule has 1 amide bonds. The van der Waals surface area contributed by atoms with Gasteiger partial charge in [0.25, 0.3) is 5.91 Å². The third kappa shape index (κ3) is 4.90. The van der Waals surface area contributed by atoms with E-state index >= 15 is 0 Å². The van der Waals surface area contributed by atoms with Gasteiger partial charge in [0.15, 0.2) is 11.6 Å². The first-order valence-corrected chi connectivity index (χ1v) is 11.2. The second-order valence-electron chi connectivity index (χ2n) is 8.39. The van der Waals surface area contributed by atoms with Crippen molar-refractivity contribution in [3.8, 4) is 0 Å². The molecular formula is C25H28FN3O4. The first-order chi connectivity index (χ1) is 15.8. The third-order valence-electron chi connectivity index (χ3n) is 6.25. The van der Waals surface area contributed by atoms with Gasteiger partial charge in [-0.15, -0.1) is 0 Å². The Morgan fingerprint density at radius 3 is 1.88 bits per heavy atom. The van der Waals surface area contributed by atoms with Gasteiger partial charge in [-0.05, 0) is 50.2 Å². The Morgan fingerprint density at radius 2 is 1.30 bits per heavy atom. The van der Waals surface area contributed by atoms with Gasteiger partial charge in [-0.1, -0.05) is 0 Å². The summed E-state index contributed by atoms with van der Waals surface area (Å²) in [6.07, 6.45) is 0. The second kappa shape index (κ2) is 9.70. The smallest absolute Gasteiger partial charge is 0.256 e. The van der Waals surface area contributed by atoms with Crippen LogP contribution < -0.4 is 9.80 Å². The summed E-state index contributed by atoms with van der Waals surface area (Å²) in [7, 11) is 0. The van der Waals surface area contributed by atoms with Gasteiger partial charge in [-0.2, -0.15) is 0 Å². The Balaban J connectivity index is 1.52. The molecule has 0 saturated carbocycles. The van der Waals surface area contributed by atoms with Gasteiger partial charge in [0.05, 0.1) is 24.5 Å². The van der Waals surface area contributed by atoms with Crippen molar-refractivity contribution in [2.75, 3.05) is 62.3 Å². The summed E-state index contributed by atoms with van der Waals surface area (Å²) in [5.74, 6) is -0.843. The molecule has 0 N–H and O–H groups in total. The number of halogens is 1. The summed E-state index contributed by atoms with van der Waals surface area (Å²) in [5, 5.41) is 0. The average Bonchev–Trinajstić information content (AvgIpc) is 2.83. The van der Waals surface area contributed by atoms with Gasteiger partial charge in [-0.25, -0.2) is 4.39 Å². The molecule has 0 unspecified atom stereocenters. The van der Waals surface area contributed by atoms with E-state index in [4.69, 9.17) is 4.74 Å². The molecule has 4 rings (SSSR count). The van der Waals surface area contributed by atoms with Gasteiger partial charge in [0.1, 0.15) is 5.82 Å². The molecule has 0 aromatic heterocycles. The van der Waals surface area contributed by atoms with E-state index in [0.29, 0.717) is 74.9 Å². The number of anilines is 2. The van der Waals surface area contributed by atoms with E-state index in [9.17, 15) is 18.8 Å². The van der Waals surface area contributed by atoms with E-state index in [2.05, 4.69) is 4.90 Å². The van der Waals surface area contributed by atoms with Gasteiger partial charge in [-0.3, -0.25) is 14.4 Å². The summed E-state index contributed by atoms with van der Waals surface area (Å²) in [5.41, 5.74) is 2.59. The Hall–Kier alpha value is -3.26. The number of hydrogen-bond donors (Lipinski definition) is 0. The maximum absolute atomic E-state index is 14.6. The maximum Gasteiger partial charge on any atom is 0.256 e. The molecule has 0 radical (unpaired) electrons. The maximum atomic E-state index is 14.6. The lowest BCUT2D eigenvalue weighted by atomic mass is 10.0. The van der Waals surface area contributed by atoms with E-state index < -0.39 is 5.82 Å². The van der Waals surface area contributed by atoms with Crippen LogP contribution in [0.1, 0.15) is 44.9 Å². The number of morpholine rings is 1. The summed E-state index contributed by atoms with van der Waals surface area (Å²) < 4.78 is 20.0. The third-order valence-corrected chi connectivity index (χ3v) is 6.25. The number of carbonyl (C=O) groups excluding carboxylic acids is 3. The molecular weight excluding hydrogens is 425 g/mol. The fourth-order valence-corrected chi connectivity index (χ4v) is 4.31. The predicted molar refractivity (Wildman–Crippen MR) is 124 cm³/mol. The average molecular weight is 454 g/mol. The molecule has 7 nitrogen and oxygen atoms in total. The van der Waals surface area contributed by atoms with Crippen LogP contribution in [0.2, 0.25) is 0 Å². The van der Waals surface area contributed by atoms with Crippen molar-refractivity contribution in [3.63, 3.8) is 0 Å². The number of rotatable bonds is 5. The molecule has 0 aliphatic carbocycles. The Morgan fingerprint density at radius 1 is 0.758 bits per heavy atom. The topological polar surface area (TPSA) is 70.2 Å². The number of amides is 1. The molecule has 2 saturated heterocycles. The largest absolute Gasteiger partial charge is 0.378 e. The number of hydrogen-bond acceptors (Lipinski definition) is 6. The highest BCUT2D eigenvalue weighted by Gasteiger charge is 2.27. The molecule has 2 heterocycles. The number of ketones is 2. The van der Waals surface area contributed by atoms with Crippen LogP contribution in [0, 0.1) is 5.82 Å². The fourth-order valence-electron chi connectivity index (χ4n) is 4.31. The molecule has 174 valence electrons. The first kappa shape index (κ1) is 22.9. The predicted octanol–water partition coefficient (Wildman–Crippen LogP) is 3.03. The molecule has 8 heteroatoms. The fraction of sp³-hybridized carbons (Fsp3) is 0.400. The molecule has 0 atom stereocenters. The molecule has 2 aromatic rings. The van der Waals surface area contributed by atoms with Crippen molar-refractivity contribution in [3.05, 3.63) is 58.9 Å². The zero-order chi connectivity index (χ0) is 23.5. The van der Waals surface area contributed by atoms with E-state index in [1.54, 1.807) is 29.2 Å². The summed E-state index contributed by atoms with van der Waals surface area (Å²) in [4.78, 5) is 42.7. The number of benzene rings is 2.